The summed E-state index contributed by atoms with van der Waals surface area (Å²) in [5.41, 5.74) is 0. The van der Waals surface area contributed by atoms with Crippen molar-refractivity contribution in [1.29, 1.82) is 0 Å². The molecule has 0 radical (unpaired) electrons. The van der Waals surface area contributed by atoms with Gasteiger partial charge in [-0.1, -0.05) is 6.42 Å². The normalized spacial score (nSPS) is 43.3. The largest absolute Gasteiger partial charge is 0.374 e. The molecule has 0 saturated carbocycles. The van der Waals surface area contributed by atoms with Crippen LogP contribution in [0, 0.1) is 0 Å². The Kier molecular flexibility index (Phi) is 4.15. The van der Waals surface area contributed by atoms with Gasteiger partial charge in [-0.3, -0.25) is 4.90 Å². The molecule has 3 heterocycles. The van der Waals surface area contributed by atoms with Crippen molar-refractivity contribution in [1.82, 2.24) is 4.90 Å². The Morgan fingerprint density at radius 1 is 1.00 bits per heavy atom. The van der Waals surface area contributed by atoms with Gasteiger partial charge in [0, 0.05) is 18.6 Å². The van der Waals surface area contributed by atoms with Gasteiger partial charge in [0.15, 0.2) is 0 Å². The van der Waals surface area contributed by atoms with Gasteiger partial charge in [0.05, 0.1) is 12.2 Å². The van der Waals surface area contributed by atoms with Crippen LogP contribution in [-0.4, -0.2) is 35.7 Å². The van der Waals surface area contributed by atoms with Crippen LogP contribution in [0.25, 0.3) is 0 Å². The minimum absolute atomic E-state index is 0. The van der Waals surface area contributed by atoms with Gasteiger partial charge in [-0.2, -0.15) is 0 Å². The van der Waals surface area contributed by atoms with E-state index in [1.54, 1.807) is 0 Å². The van der Waals surface area contributed by atoms with Crippen molar-refractivity contribution < 1.29 is 4.74 Å². The molecular weight excluding hydrogens is 222 g/mol. The fourth-order valence-electron chi connectivity index (χ4n) is 3.78. The van der Waals surface area contributed by atoms with Crippen molar-refractivity contribution in [2.45, 2.75) is 76.2 Å². The van der Waals surface area contributed by atoms with Crippen molar-refractivity contribution in [2.75, 3.05) is 6.54 Å². The van der Waals surface area contributed by atoms with E-state index in [0.29, 0.717) is 12.2 Å². The third-order valence-electron chi connectivity index (χ3n) is 4.58. The number of halogens is 1. The van der Waals surface area contributed by atoms with Gasteiger partial charge < -0.3 is 4.74 Å². The predicted molar refractivity (Wildman–Crippen MR) is 68.2 cm³/mol. The molecule has 3 rings (SSSR count). The first-order chi connectivity index (χ1) is 7.33. The van der Waals surface area contributed by atoms with Crippen LogP contribution >= 0.6 is 12.4 Å². The summed E-state index contributed by atoms with van der Waals surface area (Å²) in [4.78, 5) is 2.77. The van der Waals surface area contributed by atoms with E-state index in [0.717, 1.165) is 12.1 Å². The molecule has 0 spiro atoms. The fraction of sp³-hybridized carbons (Fsp3) is 1.00. The van der Waals surface area contributed by atoms with Crippen molar-refractivity contribution in [3.63, 3.8) is 0 Å². The summed E-state index contributed by atoms with van der Waals surface area (Å²) >= 11 is 0. The Morgan fingerprint density at radius 3 is 2.25 bits per heavy atom. The molecule has 16 heavy (non-hydrogen) atoms. The third-order valence-corrected chi connectivity index (χ3v) is 4.58. The molecule has 0 aromatic carbocycles. The lowest BCUT2D eigenvalue weighted by Crippen LogP contribution is -2.43. The van der Waals surface area contributed by atoms with E-state index in [9.17, 15) is 0 Å². The number of rotatable bonds is 2. The summed E-state index contributed by atoms with van der Waals surface area (Å²) in [5.74, 6) is 0. The van der Waals surface area contributed by atoms with Crippen LogP contribution in [0.5, 0.6) is 0 Å². The number of piperidine rings is 1. The van der Waals surface area contributed by atoms with Crippen LogP contribution in [0.3, 0.4) is 0 Å². The maximum atomic E-state index is 5.95. The van der Waals surface area contributed by atoms with Gasteiger partial charge in [-0.05, 0) is 45.4 Å². The number of nitrogens with zero attached hydrogens (tertiary/aromatic N) is 1. The molecule has 3 aliphatic heterocycles. The zero-order valence-corrected chi connectivity index (χ0v) is 11.0. The van der Waals surface area contributed by atoms with E-state index < -0.39 is 0 Å². The Hall–Kier alpha value is 0.210. The minimum Gasteiger partial charge on any atom is -0.374 e. The van der Waals surface area contributed by atoms with E-state index in [1.807, 2.05) is 0 Å². The van der Waals surface area contributed by atoms with E-state index in [-0.39, 0.29) is 12.4 Å². The smallest absolute Gasteiger partial charge is 0.0706 e. The minimum atomic E-state index is 0. The lowest BCUT2D eigenvalue weighted by molar-refractivity contribution is 0.0110. The maximum Gasteiger partial charge on any atom is 0.0706 e. The highest BCUT2D eigenvalue weighted by molar-refractivity contribution is 5.85. The first kappa shape index (κ1) is 12.7. The predicted octanol–water partition coefficient (Wildman–Crippen LogP) is 2.99. The molecular formula is C13H24ClNO. The Balaban J connectivity index is 0.000000963. The monoisotopic (exact) mass is 245 g/mol. The summed E-state index contributed by atoms with van der Waals surface area (Å²) in [6.45, 7) is 3.44. The van der Waals surface area contributed by atoms with Crippen LogP contribution in [0.4, 0.5) is 0 Å². The van der Waals surface area contributed by atoms with Crippen LogP contribution < -0.4 is 0 Å². The molecule has 0 amide bonds. The SMILES string of the molecule is CC1CCC(CN2C3CCCC2CC3)O1.Cl. The molecule has 3 saturated heterocycles. The van der Waals surface area contributed by atoms with Crippen molar-refractivity contribution in [3.05, 3.63) is 0 Å². The average Bonchev–Trinajstić information content (AvgIpc) is 2.71. The standard InChI is InChI=1S/C13H23NO.ClH/c1-10-5-8-13(15-10)9-14-11-3-2-4-12(14)7-6-11;/h10-13H,2-9H2,1H3;1H. The fourth-order valence-corrected chi connectivity index (χ4v) is 3.78. The molecule has 0 aliphatic carbocycles. The molecule has 4 unspecified atom stereocenters. The Morgan fingerprint density at radius 2 is 1.69 bits per heavy atom. The number of fused-ring (bicyclic) bond motifs is 2. The van der Waals surface area contributed by atoms with Crippen LogP contribution in [0.15, 0.2) is 0 Å². The summed E-state index contributed by atoms with van der Waals surface area (Å²) in [7, 11) is 0. The highest BCUT2D eigenvalue weighted by Crippen LogP contribution is 2.36. The van der Waals surface area contributed by atoms with Crippen LogP contribution in [0.2, 0.25) is 0 Å². The molecule has 2 nitrogen and oxygen atoms in total. The van der Waals surface area contributed by atoms with Crippen molar-refractivity contribution in [2.24, 2.45) is 0 Å². The van der Waals surface area contributed by atoms with Crippen LogP contribution in [0.1, 0.15) is 51.9 Å². The molecule has 3 fully saturated rings. The number of hydrogen-bond donors (Lipinski definition) is 0. The second kappa shape index (κ2) is 5.24. The van der Waals surface area contributed by atoms with Gasteiger partial charge in [0.1, 0.15) is 0 Å². The summed E-state index contributed by atoms with van der Waals surface area (Å²) < 4.78 is 5.95. The van der Waals surface area contributed by atoms with Crippen molar-refractivity contribution in [3.8, 4) is 0 Å². The van der Waals surface area contributed by atoms with Crippen molar-refractivity contribution >= 4 is 12.4 Å². The lowest BCUT2D eigenvalue weighted by Gasteiger charge is -2.36. The quantitative estimate of drug-likeness (QED) is 0.742. The van der Waals surface area contributed by atoms with E-state index >= 15 is 0 Å². The average molecular weight is 246 g/mol. The number of ether oxygens (including phenoxy) is 1. The van der Waals surface area contributed by atoms with E-state index in [2.05, 4.69) is 11.8 Å². The Bertz CT molecular complexity index is 220. The molecule has 3 aliphatic rings. The summed E-state index contributed by atoms with van der Waals surface area (Å²) in [6, 6.07) is 1.81. The number of hydrogen-bond acceptors (Lipinski definition) is 2. The molecule has 4 atom stereocenters. The summed E-state index contributed by atoms with van der Waals surface area (Å²) in [6.07, 6.45) is 10.9. The first-order valence-corrected chi connectivity index (χ1v) is 6.74. The second-order valence-corrected chi connectivity index (χ2v) is 5.66. The van der Waals surface area contributed by atoms with Crippen LogP contribution in [-0.2, 0) is 4.74 Å². The topological polar surface area (TPSA) is 12.5 Å². The van der Waals surface area contributed by atoms with E-state index in [4.69, 9.17) is 4.74 Å². The zero-order chi connectivity index (χ0) is 10.3. The maximum absolute atomic E-state index is 5.95. The van der Waals surface area contributed by atoms with Gasteiger partial charge in [-0.25, -0.2) is 0 Å². The molecule has 0 N–H and O–H groups in total. The van der Waals surface area contributed by atoms with Gasteiger partial charge in [-0.15, -0.1) is 12.4 Å². The first-order valence-electron chi connectivity index (χ1n) is 6.74. The van der Waals surface area contributed by atoms with Gasteiger partial charge in [0.2, 0.25) is 0 Å². The Labute approximate surface area is 105 Å². The second-order valence-electron chi connectivity index (χ2n) is 5.66. The molecule has 0 aromatic heterocycles. The van der Waals surface area contributed by atoms with Gasteiger partial charge in [0.25, 0.3) is 0 Å². The third kappa shape index (κ3) is 2.39. The highest BCUT2D eigenvalue weighted by Gasteiger charge is 2.38. The summed E-state index contributed by atoms with van der Waals surface area (Å²) in [5, 5.41) is 0. The molecule has 2 bridgehead atoms. The zero-order valence-electron chi connectivity index (χ0n) is 10.2. The molecule has 94 valence electrons. The van der Waals surface area contributed by atoms with E-state index in [1.165, 1.54) is 51.5 Å². The lowest BCUT2D eigenvalue weighted by atomic mass is 10.0. The highest BCUT2D eigenvalue weighted by atomic mass is 35.5. The van der Waals surface area contributed by atoms with Gasteiger partial charge >= 0.3 is 0 Å². The molecule has 3 heteroatoms. The molecule has 0 aromatic rings.